The molecule has 2 rings (SSSR count). The summed E-state index contributed by atoms with van der Waals surface area (Å²) < 4.78 is 5.38. The number of ether oxygens (including phenoxy) is 1. The zero-order chi connectivity index (χ0) is 13.6. The van der Waals surface area contributed by atoms with Crippen molar-refractivity contribution < 1.29 is 4.74 Å². The molecular weight excluding hydrogens is 256 g/mol. The largest absolute Gasteiger partial charge is 0.381 e. The first kappa shape index (κ1) is 15.2. The zero-order valence-electron chi connectivity index (χ0n) is 12.0. The van der Waals surface area contributed by atoms with Crippen LogP contribution in [0.25, 0.3) is 0 Å². The summed E-state index contributed by atoms with van der Waals surface area (Å²) in [4.78, 5) is 0. The van der Waals surface area contributed by atoms with Crippen molar-refractivity contribution in [2.45, 2.75) is 68.7 Å². The number of nitrogens with zero attached hydrogens (tertiary/aromatic N) is 1. The van der Waals surface area contributed by atoms with Gasteiger partial charge in [-0.25, -0.2) is 0 Å². The van der Waals surface area contributed by atoms with Crippen LogP contribution in [-0.4, -0.2) is 35.8 Å². The maximum absolute atomic E-state index is 9.47. The fourth-order valence-corrected chi connectivity index (χ4v) is 3.77. The van der Waals surface area contributed by atoms with Crippen molar-refractivity contribution in [3.63, 3.8) is 0 Å². The Hall–Kier alpha value is -0.240. The quantitative estimate of drug-likeness (QED) is 0.695. The lowest BCUT2D eigenvalue weighted by Crippen LogP contribution is -2.44. The number of nitrogens with one attached hydrogen (secondary N) is 1. The van der Waals surface area contributed by atoms with Crippen molar-refractivity contribution in [2.75, 3.05) is 19.0 Å². The summed E-state index contributed by atoms with van der Waals surface area (Å²) in [6.07, 6.45) is 7.95. The Morgan fingerprint density at radius 3 is 2.63 bits per heavy atom. The van der Waals surface area contributed by atoms with E-state index in [1.807, 2.05) is 0 Å². The fraction of sp³-hybridized carbons (Fsp3) is 0.933. The van der Waals surface area contributed by atoms with Gasteiger partial charge in [-0.3, -0.25) is 5.32 Å². The van der Waals surface area contributed by atoms with E-state index in [4.69, 9.17) is 4.74 Å². The molecule has 1 aliphatic heterocycles. The van der Waals surface area contributed by atoms with Gasteiger partial charge in [-0.1, -0.05) is 6.92 Å². The molecule has 108 valence electrons. The van der Waals surface area contributed by atoms with Gasteiger partial charge in [-0.2, -0.15) is 17.0 Å². The van der Waals surface area contributed by atoms with Gasteiger partial charge in [0.25, 0.3) is 0 Å². The SMILES string of the molecule is CCC(C#N)(CCCSC1CCOCC1)NC1CC1. The van der Waals surface area contributed by atoms with Gasteiger partial charge in [0.15, 0.2) is 0 Å². The number of rotatable bonds is 8. The molecule has 1 heterocycles. The smallest absolute Gasteiger partial charge is 0.106 e. The first-order valence-electron chi connectivity index (χ1n) is 7.66. The molecule has 1 aliphatic carbocycles. The Bertz CT molecular complexity index is 308. The molecule has 1 N–H and O–H groups in total. The Labute approximate surface area is 121 Å². The molecule has 19 heavy (non-hydrogen) atoms. The molecule has 0 bridgehead atoms. The van der Waals surface area contributed by atoms with E-state index in [1.165, 1.54) is 31.4 Å². The standard InChI is InChI=1S/C15H26N2OS/c1-2-15(12-16,17-13-4-5-13)8-3-11-19-14-6-9-18-10-7-14/h13-14,17H,2-11H2,1H3. The maximum atomic E-state index is 9.47. The maximum Gasteiger partial charge on any atom is 0.106 e. The third kappa shape index (κ3) is 4.98. The minimum atomic E-state index is -0.266. The lowest BCUT2D eigenvalue weighted by atomic mass is 9.92. The van der Waals surface area contributed by atoms with Crippen LogP contribution >= 0.6 is 11.8 Å². The highest BCUT2D eigenvalue weighted by atomic mass is 32.2. The average Bonchev–Trinajstić information content (AvgIpc) is 3.27. The van der Waals surface area contributed by atoms with Gasteiger partial charge in [-0.05, 0) is 50.7 Å². The first-order valence-corrected chi connectivity index (χ1v) is 8.71. The Balaban J connectivity index is 1.65. The molecule has 1 atom stereocenters. The van der Waals surface area contributed by atoms with Crippen LogP contribution in [0.5, 0.6) is 0 Å². The summed E-state index contributed by atoms with van der Waals surface area (Å²) in [5.74, 6) is 1.18. The van der Waals surface area contributed by atoms with Gasteiger partial charge in [0, 0.05) is 24.5 Å². The molecular formula is C15H26N2OS. The molecule has 0 amide bonds. The highest BCUT2D eigenvalue weighted by Crippen LogP contribution is 2.28. The van der Waals surface area contributed by atoms with Gasteiger partial charge in [-0.15, -0.1) is 0 Å². The molecule has 4 heteroatoms. The van der Waals surface area contributed by atoms with Crippen molar-refractivity contribution in [3.05, 3.63) is 0 Å². The topological polar surface area (TPSA) is 45.0 Å². The summed E-state index contributed by atoms with van der Waals surface area (Å²) in [5.41, 5.74) is -0.266. The second-order valence-electron chi connectivity index (χ2n) is 5.75. The Kier molecular flexibility index (Phi) is 6.00. The monoisotopic (exact) mass is 282 g/mol. The highest BCUT2D eigenvalue weighted by Gasteiger charge is 2.34. The van der Waals surface area contributed by atoms with E-state index in [1.54, 1.807) is 0 Å². The summed E-state index contributed by atoms with van der Waals surface area (Å²) in [6, 6.07) is 3.15. The van der Waals surface area contributed by atoms with E-state index < -0.39 is 0 Å². The molecule has 1 saturated carbocycles. The fourth-order valence-electron chi connectivity index (χ4n) is 2.60. The molecule has 0 spiro atoms. The summed E-state index contributed by atoms with van der Waals surface area (Å²) in [5, 5.41) is 13.8. The van der Waals surface area contributed by atoms with Gasteiger partial charge < -0.3 is 4.74 Å². The van der Waals surface area contributed by atoms with Crippen LogP contribution < -0.4 is 5.32 Å². The summed E-state index contributed by atoms with van der Waals surface area (Å²) in [6.45, 7) is 3.99. The summed E-state index contributed by atoms with van der Waals surface area (Å²) >= 11 is 2.08. The van der Waals surface area contributed by atoms with Crippen LogP contribution in [0, 0.1) is 11.3 Å². The van der Waals surface area contributed by atoms with Crippen LogP contribution in [0.4, 0.5) is 0 Å². The van der Waals surface area contributed by atoms with Crippen LogP contribution in [0.1, 0.15) is 51.9 Å². The normalized spacial score (nSPS) is 23.8. The van der Waals surface area contributed by atoms with E-state index in [-0.39, 0.29) is 5.54 Å². The molecule has 0 radical (unpaired) electrons. The minimum Gasteiger partial charge on any atom is -0.381 e. The molecule has 0 aromatic heterocycles. The lowest BCUT2D eigenvalue weighted by Gasteiger charge is -2.27. The number of hydrogen-bond acceptors (Lipinski definition) is 4. The molecule has 2 fully saturated rings. The second-order valence-corrected chi connectivity index (χ2v) is 7.16. The highest BCUT2D eigenvalue weighted by molar-refractivity contribution is 7.99. The summed E-state index contributed by atoms with van der Waals surface area (Å²) in [7, 11) is 0. The number of thioether (sulfide) groups is 1. The van der Waals surface area contributed by atoms with Crippen LogP contribution in [0.2, 0.25) is 0 Å². The van der Waals surface area contributed by atoms with E-state index >= 15 is 0 Å². The first-order chi connectivity index (χ1) is 9.28. The van der Waals surface area contributed by atoms with Crippen molar-refractivity contribution in [3.8, 4) is 6.07 Å². The molecule has 0 aromatic carbocycles. The molecule has 1 unspecified atom stereocenters. The Morgan fingerprint density at radius 1 is 1.32 bits per heavy atom. The van der Waals surface area contributed by atoms with Gasteiger partial charge in [0.05, 0.1) is 6.07 Å². The van der Waals surface area contributed by atoms with Crippen LogP contribution in [0.3, 0.4) is 0 Å². The molecule has 1 saturated heterocycles. The predicted molar refractivity (Wildman–Crippen MR) is 80.3 cm³/mol. The average molecular weight is 282 g/mol. The van der Waals surface area contributed by atoms with Crippen molar-refractivity contribution >= 4 is 11.8 Å². The van der Waals surface area contributed by atoms with Gasteiger partial charge >= 0.3 is 0 Å². The van der Waals surface area contributed by atoms with E-state index in [9.17, 15) is 5.26 Å². The third-order valence-electron chi connectivity index (χ3n) is 4.15. The van der Waals surface area contributed by atoms with Crippen molar-refractivity contribution in [1.82, 2.24) is 5.32 Å². The molecule has 3 nitrogen and oxygen atoms in total. The third-order valence-corrected chi connectivity index (χ3v) is 5.61. The Morgan fingerprint density at radius 2 is 2.05 bits per heavy atom. The zero-order valence-corrected chi connectivity index (χ0v) is 12.8. The molecule has 2 aliphatic rings. The number of hydrogen-bond donors (Lipinski definition) is 1. The predicted octanol–water partition coefficient (Wildman–Crippen LogP) is 3.10. The van der Waals surface area contributed by atoms with Crippen LogP contribution in [-0.2, 0) is 4.74 Å². The second kappa shape index (κ2) is 7.52. The van der Waals surface area contributed by atoms with E-state index in [2.05, 4.69) is 30.1 Å². The van der Waals surface area contributed by atoms with Gasteiger partial charge in [0.1, 0.15) is 5.54 Å². The van der Waals surface area contributed by atoms with Gasteiger partial charge in [0.2, 0.25) is 0 Å². The van der Waals surface area contributed by atoms with Crippen molar-refractivity contribution in [2.24, 2.45) is 0 Å². The number of nitriles is 1. The lowest BCUT2D eigenvalue weighted by molar-refractivity contribution is 0.1000. The van der Waals surface area contributed by atoms with E-state index in [0.29, 0.717) is 6.04 Å². The van der Waals surface area contributed by atoms with E-state index in [0.717, 1.165) is 37.7 Å². The minimum absolute atomic E-state index is 0.266. The van der Waals surface area contributed by atoms with Crippen LogP contribution in [0.15, 0.2) is 0 Å². The molecule has 0 aromatic rings. The van der Waals surface area contributed by atoms with Crippen molar-refractivity contribution in [1.29, 1.82) is 5.26 Å².